The molecule has 0 bridgehead atoms. The smallest absolute Gasteiger partial charge is 0.306 e. The number of carbonyl (C=O) groups excluding carboxylic acids is 1. The zero-order valence-corrected chi connectivity index (χ0v) is 12.9. The molecule has 1 fully saturated rings. The number of aryl methyl sites for hydroxylation is 1. The molecule has 2 atom stereocenters. The van der Waals surface area contributed by atoms with Gasteiger partial charge >= 0.3 is 5.97 Å². The van der Waals surface area contributed by atoms with E-state index in [0.717, 1.165) is 22.9 Å². The summed E-state index contributed by atoms with van der Waals surface area (Å²) in [5.41, 5.74) is 1.61. The number of carboxylic acids is 1. The fourth-order valence-corrected chi connectivity index (χ4v) is 3.17. The highest BCUT2D eigenvalue weighted by Crippen LogP contribution is 2.31. The van der Waals surface area contributed by atoms with Gasteiger partial charge in [-0.2, -0.15) is 0 Å². The summed E-state index contributed by atoms with van der Waals surface area (Å²) in [6.07, 6.45) is 2.50. The molecule has 1 aromatic rings. The summed E-state index contributed by atoms with van der Waals surface area (Å²) in [5, 5.41) is 12.0. The van der Waals surface area contributed by atoms with E-state index in [0.29, 0.717) is 18.5 Å². The summed E-state index contributed by atoms with van der Waals surface area (Å²) in [6.45, 7) is 2.36. The lowest BCUT2D eigenvalue weighted by Crippen LogP contribution is -2.33. The molecule has 0 aromatic heterocycles. The van der Waals surface area contributed by atoms with E-state index >= 15 is 0 Å². The van der Waals surface area contributed by atoms with Gasteiger partial charge in [-0.25, -0.2) is 0 Å². The van der Waals surface area contributed by atoms with Crippen molar-refractivity contribution in [3.8, 4) is 0 Å². The van der Waals surface area contributed by atoms with Crippen LogP contribution in [0.4, 0.5) is 0 Å². The second kappa shape index (κ2) is 6.39. The van der Waals surface area contributed by atoms with E-state index in [1.54, 1.807) is 0 Å². The Labute approximate surface area is 126 Å². The minimum absolute atomic E-state index is 0.0417. The lowest BCUT2D eigenvalue weighted by atomic mass is 9.96. The highest BCUT2D eigenvalue weighted by Gasteiger charge is 2.32. The standard InChI is InChI=1S/C15H18BrNO3/c1-9-5-6-13(16)12(7-9)14(18)17-8-10-3-2-4-11(10)15(19)20/h5-7,10-11H,2-4,8H2,1H3,(H,17,18)(H,19,20). The van der Waals surface area contributed by atoms with Crippen LogP contribution >= 0.6 is 15.9 Å². The van der Waals surface area contributed by atoms with Crippen molar-refractivity contribution in [3.63, 3.8) is 0 Å². The van der Waals surface area contributed by atoms with E-state index in [1.165, 1.54) is 0 Å². The lowest BCUT2D eigenvalue weighted by molar-refractivity contribution is -0.142. The molecule has 2 rings (SSSR count). The molecular formula is C15H18BrNO3. The maximum atomic E-state index is 12.2. The molecule has 20 heavy (non-hydrogen) atoms. The minimum Gasteiger partial charge on any atom is -0.481 e. The van der Waals surface area contributed by atoms with Gasteiger partial charge in [0.15, 0.2) is 0 Å². The van der Waals surface area contributed by atoms with Gasteiger partial charge in [0.25, 0.3) is 5.91 Å². The summed E-state index contributed by atoms with van der Waals surface area (Å²) in [5.74, 6) is -1.19. The summed E-state index contributed by atoms with van der Waals surface area (Å²) < 4.78 is 0.752. The third-order valence-corrected chi connectivity index (χ3v) is 4.56. The van der Waals surface area contributed by atoms with Crippen LogP contribution in [0.3, 0.4) is 0 Å². The van der Waals surface area contributed by atoms with Crippen molar-refractivity contribution in [2.45, 2.75) is 26.2 Å². The van der Waals surface area contributed by atoms with Gasteiger partial charge in [0.1, 0.15) is 0 Å². The van der Waals surface area contributed by atoms with E-state index in [1.807, 2.05) is 25.1 Å². The quantitative estimate of drug-likeness (QED) is 0.886. The Morgan fingerprint density at radius 2 is 2.15 bits per heavy atom. The first-order chi connectivity index (χ1) is 9.49. The molecule has 1 aliphatic rings. The van der Waals surface area contributed by atoms with Gasteiger partial charge in [0.2, 0.25) is 0 Å². The summed E-state index contributed by atoms with van der Waals surface area (Å²) in [6, 6.07) is 5.60. The van der Waals surface area contributed by atoms with E-state index < -0.39 is 5.97 Å². The van der Waals surface area contributed by atoms with Crippen LogP contribution in [0.25, 0.3) is 0 Å². The predicted octanol–water partition coefficient (Wildman–Crippen LogP) is 2.99. The lowest BCUT2D eigenvalue weighted by Gasteiger charge is -2.16. The van der Waals surface area contributed by atoms with E-state index in [-0.39, 0.29) is 17.7 Å². The zero-order valence-electron chi connectivity index (χ0n) is 11.4. The predicted molar refractivity (Wildman–Crippen MR) is 79.7 cm³/mol. The molecule has 1 aromatic carbocycles. The van der Waals surface area contributed by atoms with Gasteiger partial charge in [0, 0.05) is 11.0 Å². The van der Waals surface area contributed by atoms with Gasteiger partial charge in [-0.15, -0.1) is 0 Å². The number of halogens is 1. The van der Waals surface area contributed by atoms with E-state index in [4.69, 9.17) is 5.11 Å². The molecule has 5 heteroatoms. The number of hydrogen-bond acceptors (Lipinski definition) is 2. The largest absolute Gasteiger partial charge is 0.481 e. The number of carbonyl (C=O) groups is 2. The molecule has 4 nitrogen and oxygen atoms in total. The number of hydrogen-bond donors (Lipinski definition) is 2. The first-order valence-corrected chi connectivity index (χ1v) is 7.55. The van der Waals surface area contributed by atoms with Gasteiger partial charge in [0.05, 0.1) is 11.5 Å². The molecule has 0 heterocycles. The average Bonchev–Trinajstić information content (AvgIpc) is 2.87. The normalized spacial score (nSPS) is 21.7. The Morgan fingerprint density at radius 1 is 1.40 bits per heavy atom. The van der Waals surface area contributed by atoms with Crippen LogP contribution in [0, 0.1) is 18.8 Å². The molecule has 108 valence electrons. The van der Waals surface area contributed by atoms with Crippen molar-refractivity contribution in [2.24, 2.45) is 11.8 Å². The zero-order chi connectivity index (χ0) is 14.7. The van der Waals surface area contributed by atoms with Gasteiger partial charge < -0.3 is 10.4 Å². The Balaban J connectivity index is 1.98. The first-order valence-electron chi connectivity index (χ1n) is 6.76. The topological polar surface area (TPSA) is 66.4 Å². The van der Waals surface area contributed by atoms with Crippen LogP contribution in [0.1, 0.15) is 35.2 Å². The molecule has 2 unspecified atom stereocenters. The van der Waals surface area contributed by atoms with Crippen molar-refractivity contribution in [1.82, 2.24) is 5.32 Å². The van der Waals surface area contributed by atoms with Crippen LogP contribution in [0.5, 0.6) is 0 Å². The molecule has 0 radical (unpaired) electrons. The van der Waals surface area contributed by atoms with Gasteiger partial charge in [-0.3, -0.25) is 9.59 Å². The third-order valence-electron chi connectivity index (χ3n) is 3.87. The highest BCUT2D eigenvalue weighted by atomic mass is 79.9. The Kier molecular flexibility index (Phi) is 4.81. The maximum Gasteiger partial charge on any atom is 0.306 e. The molecule has 1 amide bonds. The fraction of sp³-hybridized carbons (Fsp3) is 0.467. The van der Waals surface area contributed by atoms with Crippen LogP contribution < -0.4 is 5.32 Å². The van der Waals surface area contributed by atoms with Crippen molar-refractivity contribution < 1.29 is 14.7 Å². The number of nitrogens with one attached hydrogen (secondary N) is 1. The number of carboxylic acid groups (broad SMARTS) is 1. The van der Waals surface area contributed by atoms with Crippen molar-refractivity contribution in [1.29, 1.82) is 0 Å². The van der Waals surface area contributed by atoms with Crippen LogP contribution in [0.2, 0.25) is 0 Å². The monoisotopic (exact) mass is 339 g/mol. The van der Waals surface area contributed by atoms with Crippen molar-refractivity contribution in [3.05, 3.63) is 33.8 Å². The first kappa shape index (κ1) is 15.0. The second-order valence-corrected chi connectivity index (χ2v) is 6.18. The van der Waals surface area contributed by atoms with Gasteiger partial charge in [-0.1, -0.05) is 18.1 Å². The van der Waals surface area contributed by atoms with E-state index in [9.17, 15) is 9.59 Å². The van der Waals surface area contributed by atoms with Crippen LogP contribution in [-0.4, -0.2) is 23.5 Å². The second-order valence-electron chi connectivity index (χ2n) is 5.33. The molecule has 0 aliphatic heterocycles. The maximum absolute atomic E-state index is 12.2. The number of rotatable bonds is 4. The van der Waals surface area contributed by atoms with Crippen LogP contribution in [-0.2, 0) is 4.79 Å². The number of amides is 1. The fourth-order valence-electron chi connectivity index (χ4n) is 2.74. The molecule has 2 N–H and O–H groups in total. The van der Waals surface area contributed by atoms with Crippen LogP contribution in [0.15, 0.2) is 22.7 Å². The van der Waals surface area contributed by atoms with Gasteiger partial charge in [-0.05, 0) is 53.7 Å². The molecule has 1 aliphatic carbocycles. The molecule has 0 saturated heterocycles. The number of benzene rings is 1. The molecule has 0 spiro atoms. The average molecular weight is 340 g/mol. The molecule has 1 saturated carbocycles. The Hall–Kier alpha value is -1.36. The van der Waals surface area contributed by atoms with Crippen molar-refractivity contribution in [2.75, 3.05) is 6.54 Å². The highest BCUT2D eigenvalue weighted by molar-refractivity contribution is 9.10. The minimum atomic E-state index is -0.751. The SMILES string of the molecule is Cc1ccc(Br)c(C(=O)NCC2CCCC2C(=O)O)c1. The third kappa shape index (κ3) is 3.39. The summed E-state index contributed by atoms with van der Waals surface area (Å²) in [4.78, 5) is 23.3. The van der Waals surface area contributed by atoms with Crippen molar-refractivity contribution >= 4 is 27.8 Å². The Bertz CT molecular complexity index is 530. The Morgan fingerprint density at radius 3 is 2.85 bits per heavy atom. The number of aliphatic carboxylic acids is 1. The summed E-state index contributed by atoms with van der Waals surface area (Å²) in [7, 11) is 0. The molecular weight excluding hydrogens is 322 g/mol. The summed E-state index contributed by atoms with van der Waals surface area (Å²) >= 11 is 3.36. The van der Waals surface area contributed by atoms with E-state index in [2.05, 4.69) is 21.2 Å².